The highest BCUT2D eigenvalue weighted by Crippen LogP contribution is 2.23. The van der Waals surface area contributed by atoms with Crippen molar-refractivity contribution in [3.8, 4) is 0 Å². The number of aromatic nitrogens is 1. The zero-order chi connectivity index (χ0) is 12.4. The highest BCUT2D eigenvalue weighted by molar-refractivity contribution is 5.97. The average molecular weight is 243 g/mol. The maximum absolute atomic E-state index is 11.0. The van der Waals surface area contributed by atoms with E-state index < -0.39 is 0 Å². The second-order valence-electron chi connectivity index (χ2n) is 4.92. The summed E-state index contributed by atoms with van der Waals surface area (Å²) in [4.78, 5) is 11.0. The molecule has 0 atom stereocenters. The summed E-state index contributed by atoms with van der Waals surface area (Å²) in [6.07, 6.45) is 5.29. The average Bonchev–Trinajstić information content (AvgIpc) is 2.83. The van der Waals surface area contributed by atoms with Crippen LogP contribution in [0.5, 0.6) is 0 Å². The molecule has 1 aromatic heterocycles. The van der Waals surface area contributed by atoms with Gasteiger partial charge in [0.25, 0.3) is 0 Å². The van der Waals surface area contributed by atoms with E-state index in [9.17, 15) is 4.79 Å². The highest BCUT2D eigenvalue weighted by Gasteiger charge is 2.15. The third-order valence-corrected chi connectivity index (χ3v) is 3.77. The first kappa shape index (κ1) is 11.5. The van der Waals surface area contributed by atoms with Crippen LogP contribution in [0.25, 0.3) is 10.9 Å². The van der Waals surface area contributed by atoms with E-state index in [2.05, 4.69) is 16.8 Å². The molecule has 1 aromatic carbocycles. The number of nitrogens with zero attached hydrogens (tertiary/aromatic N) is 1. The van der Waals surface area contributed by atoms with Crippen LogP contribution in [0.1, 0.15) is 23.2 Å². The van der Waals surface area contributed by atoms with Gasteiger partial charge in [-0.15, -0.1) is 0 Å². The van der Waals surface area contributed by atoms with Crippen LogP contribution in [-0.4, -0.2) is 24.1 Å². The fourth-order valence-electron chi connectivity index (χ4n) is 2.72. The van der Waals surface area contributed by atoms with E-state index >= 15 is 0 Å². The van der Waals surface area contributed by atoms with E-state index in [1.54, 1.807) is 0 Å². The fraction of sp³-hybridized carbons (Fsp3) is 0.400. The van der Waals surface area contributed by atoms with Gasteiger partial charge in [0.2, 0.25) is 0 Å². The number of hydrogen-bond donors (Lipinski definition) is 0. The molecule has 0 aliphatic carbocycles. The number of rotatable bonds is 3. The van der Waals surface area contributed by atoms with Crippen LogP contribution in [-0.2, 0) is 11.3 Å². The van der Waals surface area contributed by atoms with Gasteiger partial charge in [0.15, 0.2) is 6.29 Å². The largest absolute Gasteiger partial charge is 0.381 e. The van der Waals surface area contributed by atoms with Crippen LogP contribution in [0.4, 0.5) is 0 Å². The van der Waals surface area contributed by atoms with Gasteiger partial charge in [0, 0.05) is 42.4 Å². The molecule has 1 aliphatic heterocycles. The standard InChI is InChI=1S/C15H17NO2/c17-11-13-2-1-3-15-14(13)4-7-16(15)10-12-5-8-18-9-6-12/h1-4,7,11-12H,5-6,8-10H2. The Labute approximate surface area is 106 Å². The maximum atomic E-state index is 11.0. The Morgan fingerprint density at radius 3 is 2.89 bits per heavy atom. The summed E-state index contributed by atoms with van der Waals surface area (Å²) in [5.74, 6) is 0.689. The molecule has 0 amide bonds. The van der Waals surface area contributed by atoms with E-state index in [4.69, 9.17) is 4.74 Å². The van der Waals surface area contributed by atoms with Crippen molar-refractivity contribution in [2.24, 2.45) is 5.92 Å². The molecule has 0 spiro atoms. The second-order valence-corrected chi connectivity index (χ2v) is 4.92. The Bertz CT molecular complexity index is 553. The first-order valence-corrected chi connectivity index (χ1v) is 6.49. The van der Waals surface area contributed by atoms with Crippen LogP contribution in [0.15, 0.2) is 30.5 Å². The van der Waals surface area contributed by atoms with Crippen molar-refractivity contribution in [3.05, 3.63) is 36.0 Å². The molecule has 2 heterocycles. The third-order valence-electron chi connectivity index (χ3n) is 3.77. The van der Waals surface area contributed by atoms with Gasteiger partial charge in [-0.25, -0.2) is 0 Å². The quantitative estimate of drug-likeness (QED) is 0.776. The smallest absolute Gasteiger partial charge is 0.150 e. The van der Waals surface area contributed by atoms with Crippen LogP contribution < -0.4 is 0 Å². The molecule has 0 bridgehead atoms. The lowest BCUT2D eigenvalue weighted by molar-refractivity contribution is 0.0616. The summed E-state index contributed by atoms with van der Waals surface area (Å²) in [5.41, 5.74) is 1.93. The van der Waals surface area contributed by atoms with Crippen molar-refractivity contribution in [1.29, 1.82) is 0 Å². The molecule has 3 rings (SSSR count). The Balaban J connectivity index is 1.90. The SMILES string of the molecule is O=Cc1cccc2c1ccn2CC1CCOCC1. The molecule has 0 radical (unpaired) electrons. The zero-order valence-electron chi connectivity index (χ0n) is 10.3. The Morgan fingerprint density at radius 1 is 1.28 bits per heavy atom. The summed E-state index contributed by atoms with van der Waals surface area (Å²) in [5, 5.41) is 1.06. The molecule has 3 heteroatoms. The zero-order valence-corrected chi connectivity index (χ0v) is 10.3. The molecule has 2 aromatic rings. The summed E-state index contributed by atoms with van der Waals surface area (Å²) >= 11 is 0. The molecule has 0 N–H and O–H groups in total. The Kier molecular flexibility index (Phi) is 3.15. The first-order valence-electron chi connectivity index (χ1n) is 6.49. The van der Waals surface area contributed by atoms with Crippen molar-refractivity contribution < 1.29 is 9.53 Å². The number of ether oxygens (including phenoxy) is 1. The number of aldehydes is 1. The van der Waals surface area contributed by atoms with Crippen molar-refractivity contribution in [3.63, 3.8) is 0 Å². The van der Waals surface area contributed by atoms with Gasteiger partial charge < -0.3 is 9.30 Å². The number of carbonyl (C=O) groups excluding carboxylic acids is 1. The molecular weight excluding hydrogens is 226 g/mol. The number of fused-ring (bicyclic) bond motifs is 1. The summed E-state index contributed by atoms with van der Waals surface area (Å²) in [7, 11) is 0. The summed E-state index contributed by atoms with van der Waals surface area (Å²) < 4.78 is 7.65. The van der Waals surface area contributed by atoms with Crippen LogP contribution in [0.2, 0.25) is 0 Å². The van der Waals surface area contributed by atoms with E-state index in [0.29, 0.717) is 5.92 Å². The predicted octanol–water partition coefficient (Wildman–Crippen LogP) is 2.88. The van der Waals surface area contributed by atoms with Crippen molar-refractivity contribution in [2.45, 2.75) is 19.4 Å². The van der Waals surface area contributed by atoms with Gasteiger partial charge in [-0.1, -0.05) is 12.1 Å². The molecule has 3 nitrogen and oxygen atoms in total. The van der Waals surface area contributed by atoms with Gasteiger partial charge in [0.05, 0.1) is 0 Å². The van der Waals surface area contributed by atoms with E-state index in [1.807, 2.05) is 18.2 Å². The predicted molar refractivity (Wildman–Crippen MR) is 70.9 cm³/mol. The topological polar surface area (TPSA) is 31.2 Å². The van der Waals surface area contributed by atoms with Gasteiger partial charge in [0.1, 0.15) is 0 Å². The molecular formula is C15H17NO2. The lowest BCUT2D eigenvalue weighted by Crippen LogP contribution is -2.20. The summed E-state index contributed by atoms with van der Waals surface area (Å²) in [6, 6.07) is 7.95. The minimum absolute atomic E-state index is 0.689. The molecule has 0 unspecified atom stereocenters. The van der Waals surface area contributed by atoms with Gasteiger partial charge in [-0.05, 0) is 30.9 Å². The molecule has 94 valence electrons. The van der Waals surface area contributed by atoms with E-state index in [-0.39, 0.29) is 0 Å². The molecule has 18 heavy (non-hydrogen) atoms. The van der Waals surface area contributed by atoms with Crippen LogP contribution >= 0.6 is 0 Å². The molecule has 0 saturated carbocycles. The first-order chi connectivity index (χ1) is 8.88. The summed E-state index contributed by atoms with van der Waals surface area (Å²) in [6.45, 7) is 2.78. The molecule has 1 saturated heterocycles. The van der Waals surface area contributed by atoms with Crippen molar-refractivity contribution >= 4 is 17.2 Å². The van der Waals surface area contributed by atoms with Gasteiger partial charge in [-0.3, -0.25) is 4.79 Å². The minimum Gasteiger partial charge on any atom is -0.381 e. The second kappa shape index (κ2) is 4.94. The highest BCUT2D eigenvalue weighted by atomic mass is 16.5. The fourth-order valence-corrected chi connectivity index (χ4v) is 2.72. The molecule has 1 aliphatic rings. The van der Waals surface area contributed by atoms with Crippen molar-refractivity contribution in [2.75, 3.05) is 13.2 Å². The van der Waals surface area contributed by atoms with Crippen LogP contribution in [0.3, 0.4) is 0 Å². The van der Waals surface area contributed by atoms with Crippen LogP contribution in [0, 0.1) is 5.92 Å². The lowest BCUT2D eigenvalue weighted by Gasteiger charge is -2.22. The normalized spacial score (nSPS) is 17.1. The van der Waals surface area contributed by atoms with Gasteiger partial charge >= 0.3 is 0 Å². The monoisotopic (exact) mass is 243 g/mol. The Morgan fingerprint density at radius 2 is 2.11 bits per heavy atom. The number of hydrogen-bond acceptors (Lipinski definition) is 2. The maximum Gasteiger partial charge on any atom is 0.150 e. The third kappa shape index (κ3) is 2.06. The lowest BCUT2D eigenvalue weighted by atomic mass is 10.0. The minimum atomic E-state index is 0.689. The Hall–Kier alpha value is -1.61. The molecule has 1 fully saturated rings. The van der Waals surface area contributed by atoms with E-state index in [1.165, 1.54) is 0 Å². The van der Waals surface area contributed by atoms with Gasteiger partial charge in [-0.2, -0.15) is 0 Å². The number of carbonyl (C=O) groups is 1. The van der Waals surface area contributed by atoms with E-state index in [0.717, 1.165) is 55.4 Å². The number of benzene rings is 1. The van der Waals surface area contributed by atoms with Crippen molar-refractivity contribution in [1.82, 2.24) is 4.57 Å².